The van der Waals surface area contributed by atoms with Gasteiger partial charge in [-0.15, -0.1) is 5.10 Å². The van der Waals surface area contributed by atoms with Gasteiger partial charge in [0, 0.05) is 69.3 Å². The van der Waals surface area contributed by atoms with Crippen molar-refractivity contribution in [2.24, 2.45) is 11.1 Å². The number of carbonyl (C=O) groups excluding carboxylic acids is 3. The molecule has 1 fully saturated rings. The SMILES string of the molecule is CCn1cc(C(=O)O)c(=O)c2cc(F)c(N3CCN(C(=O)OCc4ccc(CC(=O)[C@H](CCCCC(N)=O)n5cc([C@@H](C)C(C)(C)C)nn5)cc4)CC3)cc21. The Morgan fingerprint density at radius 3 is 2.29 bits per heavy atom. The molecule has 3 heterocycles. The molecule has 5 rings (SSSR count). The molecule has 1 saturated heterocycles. The number of aromatic nitrogens is 4. The fraction of sp³-hybridized carbons (Fsp3) is 0.475. The van der Waals surface area contributed by atoms with Gasteiger partial charge in [0.25, 0.3) is 0 Å². The third-order valence-electron chi connectivity index (χ3n) is 10.5. The Bertz CT molecular complexity index is 2100. The second-order valence-corrected chi connectivity index (χ2v) is 15.2. The predicted octanol–water partition coefficient (Wildman–Crippen LogP) is 5.46. The molecule has 4 aromatic rings. The molecule has 2 amide bonds. The highest BCUT2D eigenvalue weighted by molar-refractivity contribution is 5.93. The topological polar surface area (TPSA) is 183 Å². The van der Waals surface area contributed by atoms with Crippen molar-refractivity contribution in [2.75, 3.05) is 31.1 Å². The molecule has 0 unspecified atom stereocenters. The Morgan fingerprint density at radius 2 is 1.67 bits per heavy atom. The summed E-state index contributed by atoms with van der Waals surface area (Å²) in [5.74, 6) is -2.30. The first-order valence-electron chi connectivity index (χ1n) is 18.6. The number of primary amides is 1. The van der Waals surface area contributed by atoms with Gasteiger partial charge in [-0.05, 0) is 48.4 Å². The number of aryl methyl sites for hydroxylation is 1. The number of ketones is 1. The lowest BCUT2D eigenvalue weighted by Gasteiger charge is -2.35. The highest BCUT2D eigenvalue weighted by Gasteiger charge is 2.28. The van der Waals surface area contributed by atoms with Crippen LogP contribution in [-0.2, 0) is 33.9 Å². The Labute approximate surface area is 319 Å². The summed E-state index contributed by atoms with van der Waals surface area (Å²) in [6.45, 7) is 11.9. The number of hydrogen-bond acceptors (Lipinski definition) is 9. The van der Waals surface area contributed by atoms with E-state index in [-0.39, 0.29) is 66.6 Å². The van der Waals surface area contributed by atoms with Crippen molar-refractivity contribution in [3.63, 3.8) is 0 Å². The molecule has 15 heteroatoms. The van der Waals surface area contributed by atoms with Crippen molar-refractivity contribution in [3.05, 3.63) is 87.2 Å². The molecule has 1 aliphatic heterocycles. The second-order valence-electron chi connectivity index (χ2n) is 15.2. The molecular weight excluding hydrogens is 709 g/mol. The van der Waals surface area contributed by atoms with E-state index in [9.17, 15) is 29.1 Å². The zero-order valence-corrected chi connectivity index (χ0v) is 32.1. The van der Waals surface area contributed by atoms with Crippen molar-refractivity contribution in [1.29, 1.82) is 0 Å². The summed E-state index contributed by atoms with van der Waals surface area (Å²) in [4.78, 5) is 65.5. The Hall–Kier alpha value is -5.60. The molecule has 2 aromatic heterocycles. The molecule has 0 radical (unpaired) electrons. The number of ether oxygens (including phenoxy) is 1. The number of unbranched alkanes of at least 4 members (excludes halogenated alkanes) is 1. The van der Waals surface area contributed by atoms with Gasteiger partial charge in [0.15, 0.2) is 5.78 Å². The number of Topliss-reactive ketones (excluding diaryl/α,β-unsaturated/α-hetero) is 1. The average molecular weight is 760 g/mol. The van der Waals surface area contributed by atoms with E-state index in [4.69, 9.17) is 10.5 Å². The number of aromatic carboxylic acids is 1. The van der Waals surface area contributed by atoms with Crippen LogP contribution in [0.3, 0.4) is 0 Å². The Balaban J connectivity index is 1.16. The van der Waals surface area contributed by atoms with Crippen LogP contribution in [0.1, 0.15) is 99.4 Å². The normalized spacial score (nSPS) is 14.5. The van der Waals surface area contributed by atoms with E-state index in [1.54, 1.807) is 32.0 Å². The van der Waals surface area contributed by atoms with Crippen LogP contribution in [0.2, 0.25) is 0 Å². The van der Waals surface area contributed by atoms with Crippen LogP contribution in [0.4, 0.5) is 14.9 Å². The monoisotopic (exact) mass is 759 g/mol. The van der Waals surface area contributed by atoms with Crippen LogP contribution < -0.4 is 16.1 Å². The van der Waals surface area contributed by atoms with E-state index in [1.165, 1.54) is 6.20 Å². The molecule has 294 valence electrons. The van der Waals surface area contributed by atoms with Crippen LogP contribution in [0.5, 0.6) is 0 Å². The maximum Gasteiger partial charge on any atom is 0.410 e. The highest BCUT2D eigenvalue weighted by Crippen LogP contribution is 2.34. The van der Waals surface area contributed by atoms with E-state index in [0.29, 0.717) is 44.4 Å². The number of halogens is 1. The van der Waals surface area contributed by atoms with Gasteiger partial charge in [-0.3, -0.25) is 14.4 Å². The van der Waals surface area contributed by atoms with Gasteiger partial charge < -0.3 is 29.9 Å². The molecule has 14 nitrogen and oxygen atoms in total. The summed E-state index contributed by atoms with van der Waals surface area (Å²) < 4.78 is 24.1. The molecule has 0 bridgehead atoms. The summed E-state index contributed by atoms with van der Waals surface area (Å²) in [7, 11) is 0. The summed E-state index contributed by atoms with van der Waals surface area (Å²) in [5, 5.41) is 18.1. The minimum atomic E-state index is -1.37. The molecule has 2 atom stereocenters. The number of nitrogens with zero attached hydrogens (tertiary/aromatic N) is 6. The number of amides is 2. The van der Waals surface area contributed by atoms with Crippen LogP contribution >= 0.6 is 0 Å². The number of carboxylic acid groups (broad SMARTS) is 1. The van der Waals surface area contributed by atoms with Gasteiger partial charge in [0.05, 0.1) is 16.9 Å². The number of carbonyl (C=O) groups is 4. The number of hydrogen-bond donors (Lipinski definition) is 2. The Kier molecular flexibility index (Phi) is 12.7. The number of rotatable bonds is 15. The van der Waals surface area contributed by atoms with Crippen molar-refractivity contribution in [1.82, 2.24) is 24.5 Å². The quantitative estimate of drug-likeness (QED) is 0.148. The standard InChI is InChI=1S/C40H50FN7O7/c1-6-45-22-29(38(52)53)37(51)28-20-30(41)34(21-33(28)45)46-15-17-47(18-16-46)39(54)55-24-27-13-11-26(12-14-27)19-35(49)32(9-7-8-10-36(42)50)48-23-31(43-44-48)25(2)40(3,4)5/h11-14,20-23,25,32H,6-10,15-19,24H2,1-5H3,(H2,42,50)(H,52,53)/t25-,32+/m1/s1. The number of piperazine rings is 1. The fourth-order valence-electron chi connectivity index (χ4n) is 6.66. The lowest BCUT2D eigenvalue weighted by Crippen LogP contribution is -2.49. The van der Waals surface area contributed by atoms with Gasteiger partial charge in [0.2, 0.25) is 11.3 Å². The summed E-state index contributed by atoms with van der Waals surface area (Å²) >= 11 is 0. The van der Waals surface area contributed by atoms with E-state index in [2.05, 4.69) is 38.0 Å². The first-order valence-corrected chi connectivity index (χ1v) is 18.6. The molecule has 2 aromatic carbocycles. The number of anilines is 1. The minimum Gasteiger partial charge on any atom is -0.477 e. The van der Waals surface area contributed by atoms with Crippen LogP contribution in [-0.4, -0.2) is 79.5 Å². The fourth-order valence-corrected chi connectivity index (χ4v) is 6.66. The van der Waals surface area contributed by atoms with Gasteiger partial charge in [-0.2, -0.15) is 0 Å². The van der Waals surface area contributed by atoms with Gasteiger partial charge in [-0.25, -0.2) is 18.7 Å². The maximum absolute atomic E-state index is 15.3. The van der Waals surface area contributed by atoms with Gasteiger partial charge >= 0.3 is 12.1 Å². The Morgan fingerprint density at radius 1 is 1.00 bits per heavy atom. The van der Waals surface area contributed by atoms with Crippen LogP contribution in [0.25, 0.3) is 10.9 Å². The zero-order valence-electron chi connectivity index (χ0n) is 32.1. The number of pyridine rings is 1. The number of fused-ring (bicyclic) bond motifs is 1. The summed E-state index contributed by atoms with van der Waals surface area (Å²) in [6.07, 6.45) is 4.72. The van der Waals surface area contributed by atoms with Crippen molar-refractivity contribution in [3.8, 4) is 0 Å². The second kappa shape index (κ2) is 17.2. The van der Waals surface area contributed by atoms with Crippen molar-refractivity contribution in [2.45, 2.75) is 91.8 Å². The number of nitrogens with two attached hydrogens (primary N) is 1. The van der Waals surface area contributed by atoms with Crippen LogP contribution in [0.15, 0.2) is 53.6 Å². The summed E-state index contributed by atoms with van der Waals surface area (Å²) in [6, 6.07) is 9.37. The molecule has 0 saturated carbocycles. The third kappa shape index (κ3) is 9.75. The summed E-state index contributed by atoms with van der Waals surface area (Å²) in [5.41, 5.74) is 7.16. The smallest absolute Gasteiger partial charge is 0.410 e. The number of carboxylic acids is 1. The molecule has 55 heavy (non-hydrogen) atoms. The number of benzene rings is 2. The molecular formula is C40H50FN7O7. The minimum absolute atomic E-state index is 0.00519. The van der Waals surface area contributed by atoms with E-state index in [0.717, 1.165) is 22.9 Å². The predicted molar refractivity (Wildman–Crippen MR) is 205 cm³/mol. The average Bonchev–Trinajstić information content (AvgIpc) is 3.63. The zero-order chi connectivity index (χ0) is 40.0. The molecule has 0 spiro atoms. The van der Waals surface area contributed by atoms with Crippen molar-refractivity contribution >= 4 is 40.3 Å². The molecule has 0 aliphatic carbocycles. The lowest BCUT2D eigenvalue weighted by molar-refractivity contribution is -0.122. The van der Waals surface area contributed by atoms with Gasteiger partial charge in [0.1, 0.15) is 24.0 Å². The first kappa shape index (κ1) is 40.6. The largest absolute Gasteiger partial charge is 0.477 e. The lowest BCUT2D eigenvalue weighted by atomic mass is 9.80. The first-order chi connectivity index (χ1) is 26.1. The van der Waals surface area contributed by atoms with Crippen LogP contribution in [0, 0.1) is 11.2 Å². The third-order valence-corrected chi connectivity index (χ3v) is 10.5. The highest BCUT2D eigenvalue weighted by atomic mass is 19.1. The molecule has 1 aliphatic rings. The maximum atomic E-state index is 15.3. The molecule has 3 N–H and O–H groups in total. The van der Waals surface area contributed by atoms with E-state index in [1.807, 2.05) is 30.5 Å². The van der Waals surface area contributed by atoms with Crippen molar-refractivity contribution < 1.29 is 33.4 Å². The van der Waals surface area contributed by atoms with E-state index < -0.39 is 34.9 Å². The van der Waals surface area contributed by atoms with E-state index >= 15 is 4.39 Å². The van der Waals surface area contributed by atoms with Gasteiger partial charge in [-0.1, -0.05) is 63.6 Å².